The van der Waals surface area contributed by atoms with Gasteiger partial charge in [0.15, 0.2) is 5.82 Å². The highest BCUT2D eigenvalue weighted by molar-refractivity contribution is 6.40. The summed E-state index contributed by atoms with van der Waals surface area (Å²) in [6, 6.07) is 12.5. The molecule has 0 radical (unpaired) electrons. The van der Waals surface area contributed by atoms with Gasteiger partial charge >= 0.3 is 5.97 Å². The molecule has 2 saturated carbocycles. The maximum atomic E-state index is 13.7. The van der Waals surface area contributed by atoms with Crippen molar-refractivity contribution in [2.75, 3.05) is 36.8 Å². The van der Waals surface area contributed by atoms with Crippen LogP contribution in [0.5, 0.6) is 0 Å². The number of anilines is 2. The van der Waals surface area contributed by atoms with E-state index in [9.17, 15) is 24.6 Å². The number of aliphatic hydroxyl groups is 1. The average molecular weight is 829 g/mol. The number of carbonyl (C=O) groups excluding carboxylic acids is 2. The van der Waals surface area contributed by atoms with Crippen LogP contribution in [0.2, 0.25) is 10.0 Å². The summed E-state index contributed by atoms with van der Waals surface area (Å²) in [7, 11) is 1.87. The van der Waals surface area contributed by atoms with Gasteiger partial charge < -0.3 is 25.4 Å². The number of nitrogens with zero attached hydrogens (tertiary/aromatic N) is 5. The van der Waals surface area contributed by atoms with Crippen LogP contribution in [-0.2, 0) is 37.8 Å². The van der Waals surface area contributed by atoms with Crippen LogP contribution in [-0.4, -0.2) is 84.1 Å². The number of benzene rings is 2. The number of aromatic nitrogens is 3. The summed E-state index contributed by atoms with van der Waals surface area (Å²) in [6.45, 7) is 8.36. The largest absolute Gasteiger partial charge is 0.481 e. The molecule has 14 heteroatoms. The topological polar surface area (TPSA) is 153 Å². The Morgan fingerprint density at radius 3 is 2.14 bits per heavy atom. The fraction of sp³-hybridized carbons (Fsp3) is 0.477. The molecule has 4 aliphatic rings. The molecular weight excluding hydrogens is 777 g/mol. The van der Waals surface area contributed by atoms with Crippen molar-refractivity contribution in [2.24, 2.45) is 17.9 Å². The molecule has 58 heavy (non-hydrogen) atoms. The van der Waals surface area contributed by atoms with Crippen molar-refractivity contribution in [1.29, 1.82) is 0 Å². The number of carboxylic acid groups (broad SMARTS) is 1. The molecule has 306 valence electrons. The second kappa shape index (κ2) is 15.7. The van der Waals surface area contributed by atoms with Gasteiger partial charge in [0.05, 0.1) is 38.1 Å². The minimum Gasteiger partial charge on any atom is -0.481 e. The lowest BCUT2D eigenvalue weighted by Crippen LogP contribution is -2.35. The highest BCUT2D eigenvalue weighted by Crippen LogP contribution is 2.63. The molecule has 2 aromatic heterocycles. The Morgan fingerprint density at radius 2 is 1.50 bits per heavy atom. The number of hydrogen-bond acceptors (Lipinski definition) is 8. The second-order valence-corrected chi connectivity index (χ2v) is 18.4. The highest BCUT2D eigenvalue weighted by Gasteiger charge is 2.57. The normalized spacial score (nSPS) is 21.8. The maximum Gasteiger partial charge on any atom is 0.309 e. The molecule has 4 heterocycles. The smallest absolute Gasteiger partial charge is 0.309 e. The summed E-state index contributed by atoms with van der Waals surface area (Å²) in [5.74, 6) is -1.09. The lowest BCUT2D eigenvalue weighted by Gasteiger charge is -2.32. The van der Waals surface area contributed by atoms with Gasteiger partial charge in [0.2, 0.25) is 0 Å². The van der Waals surface area contributed by atoms with Crippen LogP contribution in [0.1, 0.15) is 102 Å². The molecule has 2 aliphatic carbocycles. The number of fused-ring (bicyclic) bond motifs is 4. The third-order valence-electron chi connectivity index (χ3n) is 13.2. The molecule has 0 spiro atoms. The minimum absolute atomic E-state index is 0.130. The van der Waals surface area contributed by atoms with Crippen LogP contribution >= 0.6 is 23.2 Å². The number of carbonyl (C=O) groups is 3. The molecule has 4 aromatic rings. The van der Waals surface area contributed by atoms with Crippen molar-refractivity contribution in [1.82, 2.24) is 24.3 Å². The summed E-state index contributed by atoms with van der Waals surface area (Å²) in [5.41, 5.74) is 5.24. The van der Waals surface area contributed by atoms with Crippen LogP contribution in [0.15, 0.2) is 48.7 Å². The van der Waals surface area contributed by atoms with Gasteiger partial charge in [0, 0.05) is 69.2 Å². The van der Waals surface area contributed by atoms with Crippen LogP contribution in [0, 0.1) is 10.8 Å². The van der Waals surface area contributed by atoms with E-state index in [1.54, 1.807) is 30.5 Å². The first-order chi connectivity index (χ1) is 27.6. The highest BCUT2D eigenvalue weighted by atomic mass is 35.5. The van der Waals surface area contributed by atoms with E-state index >= 15 is 0 Å². The molecule has 2 fully saturated rings. The number of nitrogens with one attached hydrogen (secondary N) is 2. The van der Waals surface area contributed by atoms with Crippen LogP contribution < -0.4 is 10.6 Å². The second-order valence-electron chi connectivity index (χ2n) is 17.6. The van der Waals surface area contributed by atoms with Crippen molar-refractivity contribution in [3.63, 3.8) is 0 Å². The number of pyridine rings is 1. The lowest BCUT2D eigenvalue weighted by molar-refractivity contribution is -0.148. The third-order valence-corrected chi connectivity index (χ3v) is 14.0. The molecule has 2 aliphatic heterocycles. The number of amides is 2. The van der Waals surface area contributed by atoms with Crippen molar-refractivity contribution < 1.29 is 24.6 Å². The predicted molar refractivity (Wildman–Crippen MR) is 224 cm³/mol. The van der Waals surface area contributed by atoms with Gasteiger partial charge in [-0.25, -0.2) is 4.98 Å². The summed E-state index contributed by atoms with van der Waals surface area (Å²) < 4.78 is 1.86. The molecule has 2 amide bonds. The summed E-state index contributed by atoms with van der Waals surface area (Å²) >= 11 is 13.9. The fourth-order valence-electron chi connectivity index (χ4n) is 9.61. The molecule has 4 N–H and O–H groups in total. The van der Waals surface area contributed by atoms with Gasteiger partial charge in [-0.15, -0.1) is 0 Å². The van der Waals surface area contributed by atoms with E-state index in [1.165, 1.54) is 0 Å². The maximum absolute atomic E-state index is 13.7. The van der Waals surface area contributed by atoms with E-state index in [1.807, 2.05) is 43.7 Å². The number of carboxylic acids is 1. The number of rotatable bonds is 12. The van der Waals surface area contributed by atoms with Gasteiger partial charge in [0.1, 0.15) is 5.69 Å². The van der Waals surface area contributed by atoms with Crippen molar-refractivity contribution in [3.8, 4) is 11.1 Å². The predicted octanol–water partition coefficient (Wildman–Crippen LogP) is 7.60. The van der Waals surface area contributed by atoms with Crippen LogP contribution in [0.3, 0.4) is 0 Å². The standard InChI is InChI=1S/C44H51Cl2N7O5/c1-42(2,58)16-20-52-18-10-27-22-33(47-23-28(27)24-52)39(54)49-31-8-4-6-29(36(31)45)30-7-5-9-32(37(30)46)50-40(55)38-48-34-25-53(19-11-35(34)51(38)3)21-17-43-12-14-44(26-43,15-13-43)41(56)57/h4-9,22-23,58H,10-21,24-26H2,1-3H3,(H,49,54)(H,50,55)(H,56,57). The number of aliphatic carboxylic acids is 1. The molecule has 2 bridgehead atoms. The van der Waals surface area contributed by atoms with E-state index < -0.39 is 17.0 Å². The third kappa shape index (κ3) is 8.01. The number of imidazole rings is 1. The molecule has 0 saturated heterocycles. The molecule has 2 aromatic carbocycles. The molecule has 0 atom stereocenters. The average Bonchev–Trinajstić information content (AvgIpc) is 3.88. The zero-order chi connectivity index (χ0) is 41.0. The van der Waals surface area contributed by atoms with E-state index in [0.717, 1.165) is 107 Å². The Hall–Kier alpha value is -4.33. The molecule has 8 rings (SSSR count). The number of hydrogen-bond donors (Lipinski definition) is 4. The Morgan fingerprint density at radius 1 is 0.862 bits per heavy atom. The Balaban J connectivity index is 0.914. The Kier molecular flexibility index (Phi) is 10.9. The van der Waals surface area contributed by atoms with Gasteiger partial charge in [-0.1, -0.05) is 47.5 Å². The minimum atomic E-state index is -0.720. The first-order valence-electron chi connectivity index (χ1n) is 20.3. The Bertz CT molecular complexity index is 2280. The van der Waals surface area contributed by atoms with E-state index in [2.05, 4.69) is 25.4 Å². The quantitative estimate of drug-likeness (QED) is 0.113. The SMILES string of the molecule is Cn1c(C(=O)Nc2cccc(-c3cccc(NC(=O)c4cc5c(cn4)CN(CCC(C)(C)O)CC5)c3Cl)c2Cl)nc2c1CCN(CCC13CCC(C(=O)O)(CC1)C3)C2. The summed E-state index contributed by atoms with van der Waals surface area (Å²) in [6.07, 6.45) is 9.33. The first kappa shape index (κ1) is 40.4. The zero-order valence-corrected chi connectivity index (χ0v) is 34.8. The fourth-order valence-corrected chi connectivity index (χ4v) is 10.2. The van der Waals surface area contributed by atoms with E-state index in [4.69, 9.17) is 28.2 Å². The molecule has 12 nitrogen and oxygen atoms in total. The van der Waals surface area contributed by atoms with E-state index in [-0.39, 0.29) is 17.2 Å². The zero-order valence-electron chi connectivity index (χ0n) is 33.3. The first-order valence-corrected chi connectivity index (χ1v) is 21.0. The summed E-state index contributed by atoms with van der Waals surface area (Å²) in [5, 5.41) is 26.4. The molecule has 0 unspecified atom stereocenters. The monoisotopic (exact) mass is 827 g/mol. The summed E-state index contributed by atoms with van der Waals surface area (Å²) in [4.78, 5) is 53.1. The van der Waals surface area contributed by atoms with Gasteiger partial charge in [0.25, 0.3) is 11.8 Å². The van der Waals surface area contributed by atoms with Crippen LogP contribution in [0.25, 0.3) is 11.1 Å². The van der Waals surface area contributed by atoms with Crippen LogP contribution in [0.4, 0.5) is 11.4 Å². The lowest BCUT2D eigenvalue weighted by atomic mass is 9.80. The van der Waals surface area contributed by atoms with Gasteiger partial charge in [-0.05, 0) is 106 Å². The van der Waals surface area contributed by atoms with Crippen molar-refractivity contribution in [3.05, 3.63) is 92.7 Å². The Labute approximate surface area is 348 Å². The number of halogens is 2. The van der Waals surface area contributed by atoms with Gasteiger partial charge in [-0.3, -0.25) is 29.2 Å². The van der Waals surface area contributed by atoms with Crippen molar-refractivity contribution in [2.45, 2.75) is 90.3 Å². The van der Waals surface area contributed by atoms with Gasteiger partial charge in [-0.2, -0.15) is 0 Å². The van der Waals surface area contributed by atoms with Crippen molar-refractivity contribution >= 4 is 52.4 Å². The van der Waals surface area contributed by atoms with E-state index in [0.29, 0.717) is 57.0 Å². The molecular formula is C44H51Cl2N7O5.